The highest BCUT2D eigenvalue weighted by Gasteiger charge is 2.28. The Morgan fingerprint density at radius 3 is 2.31 bits per heavy atom. The lowest BCUT2D eigenvalue weighted by Crippen LogP contribution is -2.15. The van der Waals surface area contributed by atoms with Crippen LogP contribution >= 0.6 is 0 Å². The van der Waals surface area contributed by atoms with Gasteiger partial charge in [0.25, 0.3) is 0 Å². The van der Waals surface area contributed by atoms with Crippen molar-refractivity contribution in [1.29, 1.82) is 0 Å². The fourth-order valence-corrected chi connectivity index (χ4v) is 8.41. The Balaban J connectivity index is 1.33. The zero-order valence-electron chi connectivity index (χ0n) is 24.7. The second-order valence-electron chi connectivity index (χ2n) is 13.3. The van der Waals surface area contributed by atoms with Gasteiger partial charge in [-0.25, -0.2) is 0 Å². The summed E-state index contributed by atoms with van der Waals surface area (Å²) in [6.45, 7) is 4.69. The minimum absolute atomic E-state index is 0.427. The summed E-state index contributed by atoms with van der Waals surface area (Å²) in [6, 6.07) is 16.7. The van der Waals surface area contributed by atoms with Crippen LogP contribution in [-0.4, -0.2) is 0 Å². The van der Waals surface area contributed by atoms with E-state index in [1.165, 1.54) is 119 Å². The second-order valence-corrected chi connectivity index (χ2v) is 13.3. The Kier molecular flexibility index (Phi) is 8.63. The smallest absolute Gasteiger partial charge is 0.0455 e. The molecule has 0 nitrogen and oxygen atoms in total. The van der Waals surface area contributed by atoms with Crippen molar-refractivity contribution in [3.05, 3.63) is 59.2 Å². The molecule has 2 saturated carbocycles. The molecule has 0 saturated heterocycles. The minimum atomic E-state index is 0.427. The number of benzene rings is 3. The Morgan fingerprint density at radius 2 is 1.51 bits per heavy atom. The van der Waals surface area contributed by atoms with Gasteiger partial charge in [0.2, 0.25) is 0 Å². The van der Waals surface area contributed by atoms with Gasteiger partial charge >= 0.3 is 0 Å². The molecule has 0 spiro atoms. The molecular weight excluding hydrogens is 468 g/mol. The van der Waals surface area contributed by atoms with Crippen molar-refractivity contribution in [2.45, 2.75) is 128 Å². The second kappa shape index (κ2) is 12.5. The molecule has 3 aromatic rings. The number of aryl methyl sites for hydroxylation is 1. The first-order valence-electron chi connectivity index (χ1n) is 16.7. The van der Waals surface area contributed by atoms with Crippen LogP contribution in [0, 0.1) is 29.6 Å². The molecule has 0 amide bonds. The normalized spacial score (nSPS) is 27.2. The predicted octanol–water partition coefficient (Wildman–Crippen LogP) is 11.5. The lowest BCUT2D eigenvalue weighted by Gasteiger charge is -2.32. The number of rotatable bonds is 6. The van der Waals surface area contributed by atoms with E-state index in [2.05, 4.69) is 68.2 Å². The molecule has 0 N–H and O–H groups in total. The minimum Gasteiger partial charge on any atom is -0.0993 e. The summed E-state index contributed by atoms with van der Waals surface area (Å²) in [6.07, 6.45) is 21.7. The summed E-state index contributed by atoms with van der Waals surface area (Å²) in [4.78, 5) is 0. The standard InChI is InChI=1S/C39H50/c1-3-5-6-10-29-19-23-32(24-20-29)38-27-33-11-7-8-13-34(33)37-26-25-35-31(12-9-14-36(35)39(37)38)22-21-30-17-15-28(4-2)16-18-30/h7-8,11,13,25-32H,3-6,9-10,12,14-20,23-24H2,1-2H3. The molecule has 0 radical (unpaired) electrons. The third-order valence-corrected chi connectivity index (χ3v) is 10.9. The lowest BCUT2D eigenvalue weighted by molar-refractivity contribution is 0.303. The van der Waals surface area contributed by atoms with Crippen molar-refractivity contribution < 1.29 is 0 Å². The molecule has 3 aliphatic rings. The van der Waals surface area contributed by atoms with E-state index < -0.39 is 0 Å². The van der Waals surface area contributed by atoms with Crippen LogP contribution in [-0.2, 0) is 6.42 Å². The Hall–Kier alpha value is -2.26. The lowest BCUT2D eigenvalue weighted by atomic mass is 9.73. The fraction of sp³-hybridized carbons (Fsp3) is 0.590. The van der Waals surface area contributed by atoms with E-state index in [1.54, 1.807) is 22.1 Å². The maximum absolute atomic E-state index is 3.86. The van der Waals surface area contributed by atoms with Gasteiger partial charge in [-0.1, -0.05) is 100 Å². The largest absolute Gasteiger partial charge is 0.0993 e. The summed E-state index contributed by atoms with van der Waals surface area (Å²) in [5, 5.41) is 5.99. The van der Waals surface area contributed by atoms with Crippen LogP contribution in [0.15, 0.2) is 42.5 Å². The van der Waals surface area contributed by atoms with E-state index in [4.69, 9.17) is 0 Å². The maximum atomic E-state index is 3.86. The topological polar surface area (TPSA) is 0 Å². The van der Waals surface area contributed by atoms with E-state index in [-0.39, 0.29) is 0 Å². The molecule has 1 atom stereocenters. The Labute approximate surface area is 238 Å². The van der Waals surface area contributed by atoms with Gasteiger partial charge in [0.15, 0.2) is 0 Å². The molecule has 0 heterocycles. The van der Waals surface area contributed by atoms with E-state index in [0.717, 1.165) is 11.8 Å². The molecule has 3 aromatic carbocycles. The molecular formula is C39H50. The zero-order valence-corrected chi connectivity index (χ0v) is 24.7. The van der Waals surface area contributed by atoms with Crippen molar-refractivity contribution >= 4 is 21.5 Å². The summed E-state index contributed by atoms with van der Waals surface area (Å²) < 4.78 is 0. The highest BCUT2D eigenvalue weighted by atomic mass is 14.3. The van der Waals surface area contributed by atoms with Gasteiger partial charge in [-0.15, -0.1) is 0 Å². The van der Waals surface area contributed by atoms with E-state index >= 15 is 0 Å². The SMILES string of the molecule is CCCCCC1CCC(c2cc3ccccc3c3ccc4c(c23)CCCC4C#CC2CCC(CC)CC2)CC1. The molecule has 3 aliphatic carbocycles. The third-order valence-electron chi connectivity index (χ3n) is 10.9. The number of fused-ring (bicyclic) bond motifs is 5. The van der Waals surface area contributed by atoms with Crippen LogP contribution in [0.1, 0.15) is 139 Å². The van der Waals surface area contributed by atoms with Crippen LogP contribution in [0.2, 0.25) is 0 Å². The molecule has 0 bridgehead atoms. The zero-order chi connectivity index (χ0) is 26.6. The molecule has 0 heteroatoms. The van der Waals surface area contributed by atoms with Crippen molar-refractivity contribution in [3.8, 4) is 11.8 Å². The van der Waals surface area contributed by atoms with Gasteiger partial charge < -0.3 is 0 Å². The fourth-order valence-electron chi connectivity index (χ4n) is 8.41. The van der Waals surface area contributed by atoms with Crippen LogP contribution in [0.4, 0.5) is 0 Å². The first-order valence-corrected chi connectivity index (χ1v) is 16.7. The first kappa shape index (κ1) is 26.9. The van der Waals surface area contributed by atoms with E-state index in [1.807, 2.05) is 0 Å². The molecule has 39 heavy (non-hydrogen) atoms. The van der Waals surface area contributed by atoms with Crippen molar-refractivity contribution in [1.82, 2.24) is 0 Å². The summed E-state index contributed by atoms with van der Waals surface area (Å²) in [7, 11) is 0. The van der Waals surface area contributed by atoms with Gasteiger partial charge in [-0.05, 0) is 127 Å². The van der Waals surface area contributed by atoms with E-state index in [9.17, 15) is 0 Å². The molecule has 206 valence electrons. The molecule has 2 fully saturated rings. The van der Waals surface area contributed by atoms with Crippen LogP contribution in [0.5, 0.6) is 0 Å². The number of hydrogen-bond acceptors (Lipinski definition) is 0. The number of unbranched alkanes of at least 4 members (excludes halogenated alkanes) is 2. The van der Waals surface area contributed by atoms with Gasteiger partial charge in [-0.2, -0.15) is 0 Å². The van der Waals surface area contributed by atoms with Gasteiger partial charge in [0.1, 0.15) is 0 Å². The first-order chi connectivity index (χ1) is 19.2. The van der Waals surface area contributed by atoms with Crippen LogP contribution in [0.3, 0.4) is 0 Å². The average Bonchev–Trinajstić information content (AvgIpc) is 3.00. The van der Waals surface area contributed by atoms with Crippen molar-refractivity contribution in [3.63, 3.8) is 0 Å². The highest BCUT2D eigenvalue weighted by Crippen LogP contribution is 2.46. The third kappa shape index (κ3) is 5.80. The summed E-state index contributed by atoms with van der Waals surface area (Å²) in [5.41, 5.74) is 4.88. The molecule has 0 aromatic heterocycles. The summed E-state index contributed by atoms with van der Waals surface area (Å²) >= 11 is 0. The molecule has 1 unspecified atom stereocenters. The predicted molar refractivity (Wildman–Crippen MR) is 169 cm³/mol. The Bertz CT molecular complexity index is 1320. The van der Waals surface area contributed by atoms with Crippen LogP contribution < -0.4 is 0 Å². The van der Waals surface area contributed by atoms with Crippen molar-refractivity contribution in [2.24, 2.45) is 17.8 Å². The molecule has 6 rings (SSSR count). The number of hydrogen-bond donors (Lipinski definition) is 0. The van der Waals surface area contributed by atoms with Crippen molar-refractivity contribution in [2.75, 3.05) is 0 Å². The van der Waals surface area contributed by atoms with Gasteiger partial charge in [-0.3, -0.25) is 0 Å². The Morgan fingerprint density at radius 1 is 0.718 bits per heavy atom. The highest BCUT2D eigenvalue weighted by molar-refractivity contribution is 6.10. The van der Waals surface area contributed by atoms with Crippen LogP contribution in [0.25, 0.3) is 21.5 Å². The average molecular weight is 519 g/mol. The monoisotopic (exact) mass is 518 g/mol. The van der Waals surface area contributed by atoms with Gasteiger partial charge in [0.05, 0.1) is 0 Å². The van der Waals surface area contributed by atoms with E-state index in [0.29, 0.717) is 17.8 Å². The molecule has 0 aliphatic heterocycles. The summed E-state index contributed by atoms with van der Waals surface area (Å²) in [5.74, 6) is 11.3. The maximum Gasteiger partial charge on any atom is 0.0455 e. The van der Waals surface area contributed by atoms with Gasteiger partial charge in [0, 0.05) is 11.8 Å². The quantitative estimate of drug-likeness (QED) is 0.173.